The molecule has 0 spiro atoms. The molecule has 3 aromatic carbocycles. The van der Waals surface area contributed by atoms with E-state index in [1.54, 1.807) is 0 Å². The van der Waals surface area contributed by atoms with Crippen molar-refractivity contribution in [3.8, 4) is 5.75 Å². The van der Waals surface area contributed by atoms with E-state index in [0.717, 1.165) is 10.9 Å². The van der Waals surface area contributed by atoms with Gasteiger partial charge < -0.3 is 5.11 Å². The number of hydrogen-bond acceptors (Lipinski definition) is 1. The van der Waals surface area contributed by atoms with Gasteiger partial charge in [0.2, 0.25) is 0 Å². The first-order valence-corrected chi connectivity index (χ1v) is 10.6. The van der Waals surface area contributed by atoms with Gasteiger partial charge in [0.25, 0.3) is 0 Å². The zero-order chi connectivity index (χ0) is 18.7. The van der Waals surface area contributed by atoms with Gasteiger partial charge in [-0.15, -0.1) is 0 Å². The average Bonchev–Trinajstić information content (AvgIpc) is 2.64. The summed E-state index contributed by atoms with van der Waals surface area (Å²) in [6.07, 6.45) is 0. The van der Waals surface area contributed by atoms with Crippen LogP contribution in [0.25, 0.3) is 0 Å². The molecule has 0 atom stereocenters. The number of rotatable bonds is 5. The predicted octanol–water partition coefficient (Wildman–Crippen LogP) is 5.40. The fourth-order valence-corrected chi connectivity index (χ4v) is 5.60. The van der Waals surface area contributed by atoms with Gasteiger partial charge in [0.15, 0.2) is 0 Å². The third kappa shape index (κ3) is 3.84. The summed E-state index contributed by atoms with van der Waals surface area (Å²) >= 11 is 0. The van der Waals surface area contributed by atoms with Crippen LogP contribution < -0.4 is 15.9 Å². The Labute approximate surface area is 158 Å². The molecule has 26 heavy (non-hydrogen) atoms. The van der Waals surface area contributed by atoms with Gasteiger partial charge in [-0.2, -0.15) is 0 Å². The average molecular weight is 362 g/mol. The first-order valence-electron chi connectivity index (χ1n) is 9.26. The van der Waals surface area contributed by atoms with Gasteiger partial charge in [-0.1, -0.05) is 94.4 Å². The van der Waals surface area contributed by atoms with E-state index in [1.165, 1.54) is 16.2 Å². The summed E-state index contributed by atoms with van der Waals surface area (Å²) in [7, 11) is -0.799. The molecule has 0 unspecified atom stereocenters. The maximum atomic E-state index is 11.2. The Morgan fingerprint density at radius 2 is 1.19 bits per heavy atom. The topological polar surface area (TPSA) is 20.2 Å². The van der Waals surface area contributed by atoms with Crippen LogP contribution in [0.3, 0.4) is 0 Å². The van der Waals surface area contributed by atoms with Gasteiger partial charge >= 0.3 is 0 Å². The van der Waals surface area contributed by atoms with E-state index in [-0.39, 0.29) is 5.92 Å². The molecule has 3 aromatic rings. The van der Waals surface area contributed by atoms with Gasteiger partial charge in [-0.3, -0.25) is 0 Å². The second-order valence-electron chi connectivity index (χ2n) is 7.29. The predicted molar refractivity (Wildman–Crippen MR) is 115 cm³/mol. The van der Waals surface area contributed by atoms with Gasteiger partial charge in [0.1, 0.15) is 5.75 Å². The summed E-state index contributed by atoms with van der Waals surface area (Å²) in [5.74, 6) is 1.18. The number of aromatic hydroxyl groups is 1. The van der Waals surface area contributed by atoms with Gasteiger partial charge in [0.05, 0.1) is 0 Å². The summed E-state index contributed by atoms with van der Waals surface area (Å²) in [6.45, 7) is 8.73. The molecule has 0 heterocycles. The summed E-state index contributed by atoms with van der Waals surface area (Å²) in [4.78, 5) is 0. The van der Waals surface area contributed by atoms with E-state index < -0.39 is 7.92 Å². The fourth-order valence-electron chi connectivity index (χ4n) is 3.19. The minimum absolute atomic E-state index is 0.288. The van der Waals surface area contributed by atoms with E-state index in [9.17, 15) is 5.11 Å². The summed E-state index contributed by atoms with van der Waals surface area (Å²) in [6, 6.07) is 25.5. The second-order valence-corrected chi connectivity index (χ2v) is 9.48. The number of hydrogen-bond donors (Lipinski definition) is 1. The Morgan fingerprint density at radius 3 is 1.62 bits per heavy atom. The van der Waals surface area contributed by atoms with Crippen LogP contribution in [0.15, 0.2) is 72.8 Å². The lowest BCUT2D eigenvalue weighted by molar-refractivity contribution is 0.469. The maximum absolute atomic E-state index is 11.2. The maximum Gasteiger partial charge on any atom is 0.127 e. The van der Waals surface area contributed by atoms with E-state index in [2.05, 4.69) is 88.4 Å². The molecule has 0 fully saturated rings. The third-order valence-electron chi connectivity index (χ3n) is 4.70. The molecule has 0 saturated carbocycles. The molecule has 1 N–H and O–H groups in total. The van der Waals surface area contributed by atoms with Crippen LogP contribution in [0.2, 0.25) is 0 Å². The van der Waals surface area contributed by atoms with Crippen molar-refractivity contribution in [3.05, 3.63) is 83.9 Å². The monoisotopic (exact) mass is 362 g/mol. The van der Waals surface area contributed by atoms with Crippen LogP contribution in [0.4, 0.5) is 0 Å². The zero-order valence-corrected chi connectivity index (χ0v) is 16.9. The highest BCUT2D eigenvalue weighted by molar-refractivity contribution is 7.80. The van der Waals surface area contributed by atoms with E-state index >= 15 is 0 Å². The fraction of sp³-hybridized carbons (Fsp3) is 0.250. The first-order chi connectivity index (χ1) is 12.5. The van der Waals surface area contributed by atoms with E-state index in [0.29, 0.717) is 11.7 Å². The molecular formula is C24H27OP. The van der Waals surface area contributed by atoms with Gasteiger partial charge in [-0.25, -0.2) is 0 Å². The molecule has 1 nitrogen and oxygen atoms in total. The molecule has 0 aliphatic rings. The van der Waals surface area contributed by atoms with Crippen molar-refractivity contribution in [3.63, 3.8) is 0 Å². The molecule has 3 rings (SSSR count). The summed E-state index contributed by atoms with van der Waals surface area (Å²) < 4.78 is 0. The van der Waals surface area contributed by atoms with Crippen molar-refractivity contribution >= 4 is 23.8 Å². The molecule has 0 bridgehead atoms. The standard InChI is InChI=1S/C24H27OP/c1-17(2)19-15-22(18(3)4)24(25)23(16-19)26(20-11-7-5-8-12-20)21-13-9-6-10-14-21/h5-18,25H,1-4H3. The summed E-state index contributed by atoms with van der Waals surface area (Å²) in [5.41, 5.74) is 2.34. The Hall–Kier alpha value is -2.11. The first kappa shape index (κ1) is 18.7. The number of phenolic OH excluding ortho intramolecular Hbond substituents is 1. The highest BCUT2D eigenvalue weighted by atomic mass is 31.1. The normalized spacial score (nSPS) is 11.5. The molecule has 2 heteroatoms. The lowest BCUT2D eigenvalue weighted by Crippen LogP contribution is -2.22. The second kappa shape index (κ2) is 8.06. The van der Waals surface area contributed by atoms with Gasteiger partial charge in [0, 0.05) is 5.30 Å². The van der Waals surface area contributed by atoms with Crippen LogP contribution in [0, 0.1) is 0 Å². The van der Waals surface area contributed by atoms with E-state index in [1.807, 2.05) is 12.1 Å². The Kier molecular flexibility index (Phi) is 5.79. The molecule has 0 radical (unpaired) electrons. The van der Waals surface area contributed by atoms with Crippen molar-refractivity contribution in [1.82, 2.24) is 0 Å². The van der Waals surface area contributed by atoms with Crippen LogP contribution in [0.1, 0.15) is 50.7 Å². The zero-order valence-electron chi connectivity index (χ0n) is 16.0. The lowest BCUT2D eigenvalue weighted by Gasteiger charge is -2.24. The molecule has 0 aliphatic heterocycles. The van der Waals surface area contributed by atoms with Crippen molar-refractivity contribution in [2.24, 2.45) is 0 Å². The third-order valence-corrected chi connectivity index (χ3v) is 7.15. The van der Waals surface area contributed by atoms with Crippen molar-refractivity contribution < 1.29 is 5.11 Å². The molecule has 134 valence electrons. The van der Waals surface area contributed by atoms with Crippen LogP contribution >= 0.6 is 7.92 Å². The Morgan fingerprint density at radius 1 is 0.692 bits per heavy atom. The highest BCUT2D eigenvalue weighted by Gasteiger charge is 2.23. The number of phenols is 1. The molecule has 0 amide bonds. The number of benzene rings is 3. The molecule has 0 saturated heterocycles. The molecule has 0 aliphatic carbocycles. The van der Waals surface area contributed by atoms with Crippen LogP contribution in [0.5, 0.6) is 5.75 Å². The van der Waals surface area contributed by atoms with Gasteiger partial charge in [-0.05, 0) is 47.6 Å². The minimum Gasteiger partial charge on any atom is -0.507 e. The molecular weight excluding hydrogens is 335 g/mol. The van der Waals surface area contributed by atoms with E-state index in [4.69, 9.17) is 0 Å². The van der Waals surface area contributed by atoms with Crippen LogP contribution in [-0.2, 0) is 0 Å². The van der Waals surface area contributed by atoms with Crippen molar-refractivity contribution in [1.29, 1.82) is 0 Å². The quantitative estimate of drug-likeness (QED) is 0.603. The van der Waals surface area contributed by atoms with Crippen molar-refractivity contribution in [2.75, 3.05) is 0 Å². The highest BCUT2D eigenvalue weighted by Crippen LogP contribution is 2.40. The molecule has 0 aromatic heterocycles. The Bertz CT molecular complexity index is 815. The van der Waals surface area contributed by atoms with Crippen LogP contribution in [-0.4, -0.2) is 5.11 Å². The summed E-state index contributed by atoms with van der Waals surface area (Å²) in [5, 5.41) is 14.8. The Balaban J connectivity index is 2.28. The smallest absolute Gasteiger partial charge is 0.127 e. The largest absolute Gasteiger partial charge is 0.507 e. The SMILES string of the molecule is CC(C)c1cc(C(C)C)c(O)c(P(c2ccccc2)c2ccccc2)c1. The van der Waals surface area contributed by atoms with Crippen molar-refractivity contribution in [2.45, 2.75) is 39.5 Å². The minimum atomic E-state index is -0.799. The lowest BCUT2D eigenvalue weighted by atomic mass is 9.95.